The zero-order chi connectivity index (χ0) is 15.2. The Morgan fingerprint density at radius 1 is 1.38 bits per heavy atom. The molecule has 1 heterocycles. The molecule has 2 rings (SSSR count). The predicted molar refractivity (Wildman–Crippen MR) is 85.5 cm³/mol. The fourth-order valence-corrected chi connectivity index (χ4v) is 3.04. The summed E-state index contributed by atoms with van der Waals surface area (Å²) in [6, 6.07) is 8.04. The van der Waals surface area contributed by atoms with E-state index in [0.29, 0.717) is 6.54 Å². The molecule has 0 saturated heterocycles. The number of nitrogens with two attached hydrogens (primary N) is 1. The van der Waals surface area contributed by atoms with E-state index in [-0.39, 0.29) is 23.6 Å². The molecular formula is C15H12BrFN2OS. The predicted octanol–water partition coefficient (Wildman–Crippen LogP) is 2.89. The second kappa shape index (κ2) is 7.36. The van der Waals surface area contributed by atoms with Gasteiger partial charge in [-0.05, 0) is 46.3 Å². The van der Waals surface area contributed by atoms with Crippen LogP contribution >= 0.6 is 27.3 Å². The molecule has 1 aromatic carbocycles. The van der Waals surface area contributed by atoms with E-state index < -0.39 is 5.82 Å². The molecule has 0 spiro atoms. The Kier molecular flexibility index (Phi) is 5.51. The van der Waals surface area contributed by atoms with Crippen LogP contribution in [0.3, 0.4) is 0 Å². The summed E-state index contributed by atoms with van der Waals surface area (Å²) in [5, 5.41) is 2.75. The van der Waals surface area contributed by atoms with Crippen LogP contribution in [0.25, 0.3) is 0 Å². The van der Waals surface area contributed by atoms with Crippen LogP contribution in [-0.4, -0.2) is 12.5 Å². The van der Waals surface area contributed by atoms with E-state index in [1.54, 1.807) is 6.07 Å². The molecule has 0 atom stereocenters. The van der Waals surface area contributed by atoms with Crippen molar-refractivity contribution in [1.82, 2.24) is 5.32 Å². The van der Waals surface area contributed by atoms with Gasteiger partial charge in [-0.2, -0.15) is 0 Å². The van der Waals surface area contributed by atoms with Gasteiger partial charge in [0.1, 0.15) is 5.82 Å². The van der Waals surface area contributed by atoms with Crippen molar-refractivity contribution in [3.8, 4) is 11.8 Å². The van der Waals surface area contributed by atoms with Crippen LogP contribution in [-0.2, 0) is 6.54 Å². The van der Waals surface area contributed by atoms with Gasteiger partial charge in [-0.15, -0.1) is 11.3 Å². The van der Waals surface area contributed by atoms with Crippen LogP contribution < -0.4 is 11.1 Å². The van der Waals surface area contributed by atoms with E-state index in [4.69, 9.17) is 5.73 Å². The number of nitrogens with one attached hydrogen (secondary N) is 1. The molecule has 0 radical (unpaired) electrons. The van der Waals surface area contributed by atoms with Crippen LogP contribution in [0.2, 0.25) is 0 Å². The minimum atomic E-state index is -0.525. The second-order valence-corrected chi connectivity index (χ2v) is 6.64. The van der Waals surface area contributed by atoms with Gasteiger partial charge in [-0.25, -0.2) is 4.39 Å². The zero-order valence-corrected chi connectivity index (χ0v) is 13.4. The van der Waals surface area contributed by atoms with Gasteiger partial charge in [-0.3, -0.25) is 4.79 Å². The van der Waals surface area contributed by atoms with Gasteiger partial charge in [0.15, 0.2) is 0 Å². The maximum atomic E-state index is 13.8. The summed E-state index contributed by atoms with van der Waals surface area (Å²) in [7, 11) is 0. The van der Waals surface area contributed by atoms with Crippen molar-refractivity contribution >= 4 is 33.2 Å². The standard InChI is InChI=1S/C15H12BrFN2OS/c16-14-6-5-12(21-14)9-19-15(20)11-4-3-10(2-1-7-18)13(17)8-11/h3-6,8H,7,9,18H2,(H,19,20). The summed E-state index contributed by atoms with van der Waals surface area (Å²) >= 11 is 4.89. The molecule has 0 aliphatic heterocycles. The highest BCUT2D eigenvalue weighted by molar-refractivity contribution is 9.11. The average Bonchev–Trinajstić information content (AvgIpc) is 2.89. The zero-order valence-electron chi connectivity index (χ0n) is 11.0. The molecule has 2 aromatic rings. The van der Waals surface area contributed by atoms with Gasteiger partial charge in [0.05, 0.1) is 22.4 Å². The SMILES string of the molecule is NCC#Cc1ccc(C(=O)NCc2ccc(Br)s2)cc1F. The Balaban J connectivity index is 2.04. The Labute approximate surface area is 134 Å². The Morgan fingerprint density at radius 3 is 2.81 bits per heavy atom. The fourth-order valence-electron chi connectivity index (χ4n) is 1.62. The number of benzene rings is 1. The number of amides is 1. The van der Waals surface area contributed by atoms with E-state index in [0.717, 1.165) is 8.66 Å². The lowest BCUT2D eigenvalue weighted by molar-refractivity contribution is 0.0951. The quantitative estimate of drug-likeness (QED) is 0.820. The summed E-state index contributed by atoms with van der Waals surface area (Å²) in [5.74, 6) is 4.34. The number of thiophene rings is 1. The third-order valence-corrected chi connectivity index (χ3v) is 4.23. The number of hydrogen-bond acceptors (Lipinski definition) is 3. The molecule has 1 aromatic heterocycles. The van der Waals surface area contributed by atoms with Crippen LogP contribution in [0.5, 0.6) is 0 Å². The molecule has 3 nitrogen and oxygen atoms in total. The van der Waals surface area contributed by atoms with E-state index in [2.05, 4.69) is 33.1 Å². The van der Waals surface area contributed by atoms with Crippen molar-refractivity contribution in [3.05, 3.63) is 55.9 Å². The lowest BCUT2D eigenvalue weighted by Crippen LogP contribution is -2.22. The van der Waals surface area contributed by atoms with Gasteiger partial charge in [0.25, 0.3) is 5.91 Å². The number of carbonyl (C=O) groups is 1. The van der Waals surface area contributed by atoms with Crippen molar-refractivity contribution in [2.45, 2.75) is 6.54 Å². The normalized spacial score (nSPS) is 9.86. The van der Waals surface area contributed by atoms with E-state index in [1.165, 1.54) is 23.5 Å². The molecule has 0 saturated carbocycles. The maximum absolute atomic E-state index is 13.8. The number of halogens is 2. The first-order chi connectivity index (χ1) is 10.1. The van der Waals surface area contributed by atoms with Gasteiger partial charge in [0, 0.05) is 10.4 Å². The topological polar surface area (TPSA) is 55.1 Å². The van der Waals surface area contributed by atoms with Crippen LogP contribution in [0, 0.1) is 17.7 Å². The van der Waals surface area contributed by atoms with E-state index in [9.17, 15) is 9.18 Å². The lowest BCUT2D eigenvalue weighted by atomic mass is 10.1. The van der Waals surface area contributed by atoms with Gasteiger partial charge < -0.3 is 11.1 Å². The van der Waals surface area contributed by atoms with Gasteiger partial charge in [0.2, 0.25) is 0 Å². The minimum Gasteiger partial charge on any atom is -0.347 e. The summed E-state index contributed by atoms with van der Waals surface area (Å²) in [6.45, 7) is 0.573. The van der Waals surface area contributed by atoms with Crippen LogP contribution in [0.4, 0.5) is 4.39 Å². The lowest BCUT2D eigenvalue weighted by Gasteiger charge is -2.04. The third kappa shape index (κ3) is 4.39. The van der Waals surface area contributed by atoms with E-state index >= 15 is 0 Å². The summed E-state index contributed by atoms with van der Waals surface area (Å²) in [6.07, 6.45) is 0. The average molecular weight is 367 g/mol. The number of carbonyl (C=O) groups excluding carboxylic acids is 1. The van der Waals surface area contributed by atoms with Crippen molar-refractivity contribution in [2.75, 3.05) is 6.54 Å². The molecule has 0 unspecified atom stereocenters. The number of rotatable bonds is 3. The van der Waals surface area contributed by atoms with Crippen molar-refractivity contribution < 1.29 is 9.18 Å². The second-order valence-electron chi connectivity index (χ2n) is 4.09. The Bertz CT molecular complexity index is 718. The molecule has 0 aliphatic carbocycles. The molecular weight excluding hydrogens is 355 g/mol. The Morgan fingerprint density at radius 2 is 2.19 bits per heavy atom. The maximum Gasteiger partial charge on any atom is 0.251 e. The monoisotopic (exact) mass is 366 g/mol. The molecule has 1 amide bonds. The highest BCUT2D eigenvalue weighted by Gasteiger charge is 2.09. The molecule has 0 aliphatic rings. The fraction of sp³-hybridized carbons (Fsp3) is 0.133. The highest BCUT2D eigenvalue weighted by Crippen LogP contribution is 2.21. The molecule has 3 N–H and O–H groups in total. The van der Waals surface area contributed by atoms with Gasteiger partial charge in [-0.1, -0.05) is 11.8 Å². The number of hydrogen-bond donors (Lipinski definition) is 2. The van der Waals surface area contributed by atoms with Crippen LogP contribution in [0.1, 0.15) is 20.8 Å². The smallest absolute Gasteiger partial charge is 0.251 e. The van der Waals surface area contributed by atoms with Crippen LogP contribution in [0.15, 0.2) is 34.1 Å². The first-order valence-electron chi connectivity index (χ1n) is 6.11. The van der Waals surface area contributed by atoms with Crippen molar-refractivity contribution in [1.29, 1.82) is 0 Å². The van der Waals surface area contributed by atoms with Crippen molar-refractivity contribution in [3.63, 3.8) is 0 Å². The summed E-state index contributed by atoms with van der Waals surface area (Å²) in [4.78, 5) is 13.0. The van der Waals surface area contributed by atoms with Crippen molar-refractivity contribution in [2.24, 2.45) is 5.73 Å². The molecule has 21 heavy (non-hydrogen) atoms. The molecule has 6 heteroatoms. The largest absolute Gasteiger partial charge is 0.347 e. The highest BCUT2D eigenvalue weighted by atomic mass is 79.9. The Hall–Kier alpha value is -1.68. The minimum absolute atomic E-state index is 0.165. The van der Waals surface area contributed by atoms with E-state index in [1.807, 2.05) is 12.1 Å². The first-order valence-corrected chi connectivity index (χ1v) is 7.72. The molecule has 108 valence electrons. The summed E-state index contributed by atoms with van der Waals surface area (Å²) in [5.41, 5.74) is 5.74. The molecule has 0 fully saturated rings. The third-order valence-electron chi connectivity index (χ3n) is 2.61. The molecule has 0 bridgehead atoms. The first kappa shape index (κ1) is 15.7. The van der Waals surface area contributed by atoms with Gasteiger partial charge >= 0.3 is 0 Å². The summed E-state index contributed by atoms with van der Waals surface area (Å²) < 4.78 is 14.8.